The van der Waals surface area contributed by atoms with E-state index in [4.69, 9.17) is 9.84 Å². The number of carbonyl (C=O) groups is 1. The van der Waals surface area contributed by atoms with Crippen LogP contribution in [-0.2, 0) is 9.53 Å². The summed E-state index contributed by atoms with van der Waals surface area (Å²) in [5.41, 5.74) is 0. The first-order valence-corrected chi connectivity index (χ1v) is 4.18. The molecule has 0 saturated heterocycles. The average Bonchev–Trinajstić information content (AvgIpc) is 1.98. The smallest absolute Gasteiger partial charge is 0.222 e. The minimum atomic E-state index is -0.210. The van der Waals surface area contributed by atoms with E-state index in [0.29, 0.717) is 25.9 Å². The van der Waals surface area contributed by atoms with Gasteiger partial charge in [0.1, 0.15) is 0 Å². The second-order valence-electron chi connectivity index (χ2n) is 3.13. The summed E-state index contributed by atoms with van der Waals surface area (Å²) in [5.74, 6) is 0.00810. The Balaban J connectivity index is 2.03. The van der Waals surface area contributed by atoms with Crippen molar-refractivity contribution in [2.24, 2.45) is 0 Å². The molecule has 1 aliphatic rings. The fraction of sp³-hybridized carbons (Fsp3) is 0.875. The SMILES string of the molecule is COCCC(=O)NC1CC(O)C1. The fourth-order valence-electron chi connectivity index (χ4n) is 1.20. The highest BCUT2D eigenvalue weighted by Crippen LogP contribution is 2.19. The van der Waals surface area contributed by atoms with Crippen LogP contribution in [0.25, 0.3) is 0 Å². The fourth-order valence-corrected chi connectivity index (χ4v) is 1.20. The first-order chi connectivity index (χ1) is 5.72. The van der Waals surface area contributed by atoms with Gasteiger partial charge in [0.15, 0.2) is 0 Å². The minimum Gasteiger partial charge on any atom is -0.393 e. The summed E-state index contributed by atoms with van der Waals surface area (Å²) >= 11 is 0. The zero-order chi connectivity index (χ0) is 8.97. The number of amides is 1. The van der Waals surface area contributed by atoms with Crippen LogP contribution in [0.5, 0.6) is 0 Å². The normalized spacial score (nSPS) is 27.8. The molecule has 0 aromatic carbocycles. The molecule has 4 nitrogen and oxygen atoms in total. The molecule has 1 saturated carbocycles. The van der Waals surface area contributed by atoms with Crippen LogP contribution in [0.3, 0.4) is 0 Å². The number of hydrogen-bond donors (Lipinski definition) is 2. The van der Waals surface area contributed by atoms with Crippen LogP contribution in [-0.4, -0.2) is 36.9 Å². The number of hydrogen-bond acceptors (Lipinski definition) is 3. The van der Waals surface area contributed by atoms with E-state index in [9.17, 15) is 4.79 Å². The lowest BCUT2D eigenvalue weighted by Gasteiger charge is -2.31. The van der Waals surface area contributed by atoms with Crippen molar-refractivity contribution in [1.29, 1.82) is 0 Å². The monoisotopic (exact) mass is 173 g/mol. The Hall–Kier alpha value is -0.610. The maximum Gasteiger partial charge on any atom is 0.222 e. The van der Waals surface area contributed by atoms with Crippen molar-refractivity contribution in [3.63, 3.8) is 0 Å². The van der Waals surface area contributed by atoms with E-state index < -0.39 is 0 Å². The quantitative estimate of drug-likeness (QED) is 0.611. The first-order valence-electron chi connectivity index (χ1n) is 4.18. The third kappa shape index (κ3) is 2.79. The maximum absolute atomic E-state index is 11.0. The van der Waals surface area contributed by atoms with Crippen molar-refractivity contribution < 1.29 is 14.6 Å². The number of aliphatic hydroxyl groups is 1. The summed E-state index contributed by atoms with van der Waals surface area (Å²) < 4.78 is 4.76. The van der Waals surface area contributed by atoms with Gasteiger partial charge in [-0.1, -0.05) is 0 Å². The summed E-state index contributed by atoms with van der Waals surface area (Å²) in [6.45, 7) is 0.459. The van der Waals surface area contributed by atoms with Crippen LogP contribution < -0.4 is 5.32 Å². The Morgan fingerprint density at radius 2 is 2.33 bits per heavy atom. The average molecular weight is 173 g/mol. The highest BCUT2D eigenvalue weighted by molar-refractivity contribution is 5.76. The van der Waals surface area contributed by atoms with Crippen molar-refractivity contribution >= 4 is 5.91 Å². The van der Waals surface area contributed by atoms with Gasteiger partial charge in [-0.15, -0.1) is 0 Å². The highest BCUT2D eigenvalue weighted by Gasteiger charge is 2.27. The predicted molar refractivity (Wildman–Crippen MR) is 43.7 cm³/mol. The topological polar surface area (TPSA) is 58.6 Å². The Bertz CT molecular complexity index is 154. The maximum atomic E-state index is 11.0. The summed E-state index contributed by atoms with van der Waals surface area (Å²) in [7, 11) is 1.57. The zero-order valence-electron chi connectivity index (χ0n) is 7.25. The molecule has 0 heterocycles. The van der Waals surface area contributed by atoms with Gasteiger partial charge in [0.25, 0.3) is 0 Å². The van der Waals surface area contributed by atoms with Gasteiger partial charge >= 0.3 is 0 Å². The van der Waals surface area contributed by atoms with E-state index in [-0.39, 0.29) is 18.1 Å². The molecule has 0 unspecified atom stereocenters. The molecule has 0 aliphatic heterocycles. The Labute approximate surface area is 71.9 Å². The molecule has 0 aromatic heterocycles. The van der Waals surface area contributed by atoms with Crippen molar-refractivity contribution in [3.8, 4) is 0 Å². The van der Waals surface area contributed by atoms with Gasteiger partial charge in [-0.05, 0) is 12.8 Å². The van der Waals surface area contributed by atoms with Gasteiger partial charge in [0.2, 0.25) is 5.91 Å². The molecule has 0 radical (unpaired) electrons. The summed E-state index contributed by atoms with van der Waals surface area (Å²) in [6, 6.07) is 0.185. The molecule has 0 atom stereocenters. The van der Waals surface area contributed by atoms with Crippen molar-refractivity contribution in [2.75, 3.05) is 13.7 Å². The number of ether oxygens (including phenoxy) is 1. The molecule has 0 spiro atoms. The van der Waals surface area contributed by atoms with Crippen LogP contribution in [0.4, 0.5) is 0 Å². The van der Waals surface area contributed by atoms with E-state index in [1.165, 1.54) is 0 Å². The standard InChI is InChI=1S/C8H15NO3/c1-12-3-2-8(11)9-6-4-7(10)5-6/h6-7,10H,2-5H2,1H3,(H,9,11). The van der Waals surface area contributed by atoms with E-state index >= 15 is 0 Å². The van der Waals surface area contributed by atoms with Crippen LogP contribution >= 0.6 is 0 Å². The molecule has 1 amide bonds. The third-order valence-electron chi connectivity index (χ3n) is 2.01. The molecular formula is C8H15NO3. The Kier molecular flexibility index (Phi) is 3.49. The molecule has 12 heavy (non-hydrogen) atoms. The number of methoxy groups -OCH3 is 1. The Morgan fingerprint density at radius 1 is 1.67 bits per heavy atom. The number of aliphatic hydroxyl groups excluding tert-OH is 1. The first kappa shape index (κ1) is 9.48. The van der Waals surface area contributed by atoms with Crippen molar-refractivity contribution in [2.45, 2.75) is 31.4 Å². The molecule has 2 N–H and O–H groups in total. The second-order valence-corrected chi connectivity index (χ2v) is 3.13. The van der Waals surface area contributed by atoms with E-state index in [0.717, 1.165) is 0 Å². The van der Waals surface area contributed by atoms with E-state index in [1.807, 2.05) is 0 Å². The zero-order valence-corrected chi connectivity index (χ0v) is 7.25. The molecule has 1 aliphatic carbocycles. The summed E-state index contributed by atoms with van der Waals surface area (Å²) in [5, 5.41) is 11.7. The third-order valence-corrected chi connectivity index (χ3v) is 2.01. The molecule has 0 aromatic rings. The van der Waals surface area contributed by atoms with Crippen LogP contribution in [0.15, 0.2) is 0 Å². The largest absolute Gasteiger partial charge is 0.393 e. The van der Waals surface area contributed by atoms with Gasteiger partial charge in [-0.25, -0.2) is 0 Å². The van der Waals surface area contributed by atoms with Crippen LogP contribution in [0.1, 0.15) is 19.3 Å². The number of carbonyl (C=O) groups excluding carboxylic acids is 1. The number of nitrogens with one attached hydrogen (secondary N) is 1. The summed E-state index contributed by atoms with van der Waals surface area (Å²) in [6.07, 6.45) is 1.58. The van der Waals surface area contributed by atoms with Crippen molar-refractivity contribution in [1.82, 2.24) is 5.32 Å². The lowest BCUT2D eigenvalue weighted by molar-refractivity contribution is -0.124. The van der Waals surface area contributed by atoms with Gasteiger partial charge in [0.05, 0.1) is 12.7 Å². The lowest BCUT2D eigenvalue weighted by Crippen LogP contribution is -2.46. The second kappa shape index (κ2) is 4.42. The van der Waals surface area contributed by atoms with Gasteiger partial charge in [-0.2, -0.15) is 0 Å². The lowest BCUT2D eigenvalue weighted by atomic mass is 9.89. The molecule has 1 fully saturated rings. The molecule has 1 rings (SSSR count). The highest BCUT2D eigenvalue weighted by atomic mass is 16.5. The van der Waals surface area contributed by atoms with Crippen LogP contribution in [0.2, 0.25) is 0 Å². The van der Waals surface area contributed by atoms with E-state index in [2.05, 4.69) is 5.32 Å². The Morgan fingerprint density at radius 3 is 2.83 bits per heavy atom. The van der Waals surface area contributed by atoms with Gasteiger partial charge in [-0.3, -0.25) is 4.79 Å². The predicted octanol–water partition coefficient (Wildman–Crippen LogP) is -0.338. The molecule has 4 heteroatoms. The van der Waals surface area contributed by atoms with Crippen molar-refractivity contribution in [3.05, 3.63) is 0 Å². The molecular weight excluding hydrogens is 158 g/mol. The molecule has 0 bridgehead atoms. The van der Waals surface area contributed by atoms with E-state index in [1.54, 1.807) is 7.11 Å². The van der Waals surface area contributed by atoms with Gasteiger partial charge < -0.3 is 15.2 Å². The summed E-state index contributed by atoms with van der Waals surface area (Å²) in [4.78, 5) is 11.0. The molecule has 70 valence electrons. The van der Waals surface area contributed by atoms with Gasteiger partial charge in [0, 0.05) is 19.6 Å². The number of rotatable bonds is 4. The van der Waals surface area contributed by atoms with Crippen LogP contribution in [0, 0.1) is 0 Å². The minimum absolute atomic E-state index is 0.00810.